The van der Waals surface area contributed by atoms with Gasteiger partial charge in [0, 0.05) is 45.3 Å². The van der Waals surface area contributed by atoms with Gasteiger partial charge >= 0.3 is 0 Å². The molecule has 2 heterocycles. The van der Waals surface area contributed by atoms with Crippen LogP contribution in [0.3, 0.4) is 0 Å². The summed E-state index contributed by atoms with van der Waals surface area (Å²) < 4.78 is 28.7. The van der Waals surface area contributed by atoms with Crippen LogP contribution in [0.4, 0.5) is 0 Å². The normalized spacial score (nSPS) is 28.0. The van der Waals surface area contributed by atoms with E-state index in [1.807, 2.05) is 7.05 Å². The first kappa shape index (κ1) is 15.7. The summed E-state index contributed by atoms with van der Waals surface area (Å²) >= 11 is 0. The van der Waals surface area contributed by atoms with Gasteiger partial charge in [-0.1, -0.05) is 0 Å². The van der Waals surface area contributed by atoms with Crippen LogP contribution >= 0.6 is 0 Å². The van der Waals surface area contributed by atoms with Crippen molar-refractivity contribution >= 4 is 10.2 Å². The number of nitrogens with one attached hydrogen (secondary N) is 1. The first-order valence-electron chi connectivity index (χ1n) is 8.23. The third-order valence-electron chi connectivity index (χ3n) is 4.96. The Kier molecular flexibility index (Phi) is 4.85. The van der Waals surface area contributed by atoms with Crippen LogP contribution in [-0.2, 0) is 10.2 Å². The highest BCUT2D eigenvalue weighted by atomic mass is 32.2. The Morgan fingerprint density at radius 3 is 2.05 bits per heavy atom. The molecule has 3 fully saturated rings. The summed E-state index contributed by atoms with van der Waals surface area (Å²) in [6, 6.07) is 0.747. The fourth-order valence-corrected chi connectivity index (χ4v) is 4.77. The van der Waals surface area contributed by atoms with Crippen LogP contribution in [0.2, 0.25) is 0 Å². The van der Waals surface area contributed by atoms with E-state index in [1.165, 1.54) is 12.8 Å². The molecule has 6 nitrogen and oxygen atoms in total. The molecular formula is C14H28N4O2S. The molecule has 21 heavy (non-hydrogen) atoms. The van der Waals surface area contributed by atoms with Crippen molar-refractivity contribution < 1.29 is 8.42 Å². The smallest absolute Gasteiger partial charge is 0.282 e. The summed E-state index contributed by atoms with van der Waals surface area (Å²) in [4.78, 5) is 2.18. The molecule has 0 atom stereocenters. The van der Waals surface area contributed by atoms with E-state index in [-0.39, 0.29) is 0 Å². The molecule has 0 bridgehead atoms. The first-order valence-corrected chi connectivity index (χ1v) is 9.62. The van der Waals surface area contributed by atoms with Crippen LogP contribution in [0.25, 0.3) is 0 Å². The maximum absolute atomic E-state index is 12.6. The molecule has 0 aromatic heterocycles. The van der Waals surface area contributed by atoms with E-state index in [0.29, 0.717) is 32.1 Å². The molecular weight excluding hydrogens is 288 g/mol. The Morgan fingerprint density at radius 1 is 0.905 bits per heavy atom. The molecule has 1 saturated carbocycles. The third-order valence-corrected chi connectivity index (χ3v) is 7.00. The maximum Gasteiger partial charge on any atom is 0.282 e. The van der Waals surface area contributed by atoms with Crippen molar-refractivity contribution in [2.45, 2.75) is 31.7 Å². The predicted molar refractivity (Wildman–Crippen MR) is 83.3 cm³/mol. The van der Waals surface area contributed by atoms with Gasteiger partial charge in [-0.05, 0) is 45.2 Å². The molecule has 3 rings (SSSR count). The zero-order chi connectivity index (χ0) is 14.9. The standard InChI is InChI=1S/C14H28N4O2S/c1-16-8-10-18(11-9-16)21(19,20)17-6-4-13(5-7-17)12-15-14-2-3-14/h13-15H,2-12H2,1H3. The third kappa shape index (κ3) is 3.96. The van der Waals surface area contributed by atoms with Gasteiger partial charge in [0.2, 0.25) is 0 Å². The number of nitrogens with zero attached hydrogens (tertiary/aromatic N) is 3. The minimum atomic E-state index is -3.23. The topological polar surface area (TPSA) is 55.9 Å². The highest BCUT2D eigenvalue weighted by Crippen LogP contribution is 2.24. The average molecular weight is 316 g/mol. The number of rotatable bonds is 5. The quantitative estimate of drug-likeness (QED) is 0.772. The monoisotopic (exact) mass is 316 g/mol. The SMILES string of the molecule is CN1CCN(S(=O)(=O)N2CCC(CNC3CC3)CC2)CC1. The van der Waals surface area contributed by atoms with Gasteiger partial charge in [-0.3, -0.25) is 0 Å². The summed E-state index contributed by atoms with van der Waals surface area (Å²) in [6.07, 6.45) is 4.62. The molecule has 2 aliphatic heterocycles. The van der Waals surface area contributed by atoms with Gasteiger partial charge in [-0.25, -0.2) is 0 Å². The summed E-state index contributed by atoms with van der Waals surface area (Å²) in [5, 5.41) is 3.56. The average Bonchev–Trinajstić information content (AvgIpc) is 3.30. The summed E-state index contributed by atoms with van der Waals surface area (Å²) in [7, 11) is -1.19. The van der Waals surface area contributed by atoms with Gasteiger partial charge in [0.25, 0.3) is 10.2 Å². The molecule has 0 spiro atoms. The van der Waals surface area contributed by atoms with Crippen molar-refractivity contribution in [2.75, 3.05) is 52.9 Å². The Bertz CT molecular complexity index is 436. The van der Waals surface area contributed by atoms with E-state index in [1.54, 1.807) is 8.61 Å². The fraction of sp³-hybridized carbons (Fsp3) is 1.00. The zero-order valence-corrected chi connectivity index (χ0v) is 13.8. The fourth-order valence-electron chi connectivity index (χ4n) is 3.15. The lowest BCUT2D eigenvalue weighted by atomic mass is 9.98. The van der Waals surface area contributed by atoms with E-state index in [0.717, 1.165) is 38.5 Å². The second kappa shape index (κ2) is 6.50. The lowest BCUT2D eigenvalue weighted by Gasteiger charge is -2.38. The van der Waals surface area contributed by atoms with Gasteiger partial charge in [0.15, 0.2) is 0 Å². The van der Waals surface area contributed by atoms with Crippen LogP contribution < -0.4 is 5.32 Å². The van der Waals surface area contributed by atoms with E-state index in [4.69, 9.17) is 0 Å². The lowest BCUT2D eigenvalue weighted by Crippen LogP contribution is -2.53. The Hall–Kier alpha value is -0.210. The van der Waals surface area contributed by atoms with Crippen molar-refractivity contribution in [3.63, 3.8) is 0 Å². The largest absolute Gasteiger partial charge is 0.314 e. The highest BCUT2D eigenvalue weighted by Gasteiger charge is 2.34. The summed E-state index contributed by atoms with van der Waals surface area (Å²) in [6.45, 7) is 5.36. The molecule has 0 amide bonds. The van der Waals surface area contributed by atoms with E-state index in [2.05, 4.69) is 10.2 Å². The molecule has 2 saturated heterocycles. The van der Waals surface area contributed by atoms with Gasteiger partial charge in [0.1, 0.15) is 0 Å². The molecule has 7 heteroatoms. The number of hydrogen-bond acceptors (Lipinski definition) is 4. The number of hydrogen-bond donors (Lipinski definition) is 1. The van der Waals surface area contributed by atoms with Crippen LogP contribution in [0.5, 0.6) is 0 Å². The van der Waals surface area contributed by atoms with Crippen LogP contribution in [-0.4, -0.2) is 80.8 Å². The Morgan fingerprint density at radius 2 is 1.48 bits per heavy atom. The second-order valence-electron chi connectivity index (χ2n) is 6.74. The van der Waals surface area contributed by atoms with E-state index in [9.17, 15) is 8.42 Å². The number of piperidine rings is 1. The molecule has 1 aliphatic carbocycles. The van der Waals surface area contributed by atoms with E-state index < -0.39 is 10.2 Å². The van der Waals surface area contributed by atoms with Crippen molar-refractivity contribution in [2.24, 2.45) is 5.92 Å². The summed E-state index contributed by atoms with van der Waals surface area (Å²) in [5.74, 6) is 0.643. The van der Waals surface area contributed by atoms with Crippen molar-refractivity contribution in [3.8, 4) is 0 Å². The van der Waals surface area contributed by atoms with Gasteiger partial charge in [0.05, 0.1) is 0 Å². The van der Waals surface area contributed by atoms with Crippen molar-refractivity contribution in [1.29, 1.82) is 0 Å². The minimum Gasteiger partial charge on any atom is -0.314 e. The molecule has 0 aromatic carbocycles. The Labute approximate surface area is 128 Å². The summed E-state index contributed by atoms with van der Waals surface area (Å²) in [5.41, 5.74) is 0. The first-order chi connectivity index (χ1) is 10.1. The molecule has 1 N–H and O–H groups in total. The van der Waals surface area contributed by atoms with Gasteiger partial charge < -0.3 is 10.2 Å². The van der Waals surface area contributed by atoms with Crippen LogP contribution in [0.15, 0.2) is 0 Å². The van der Waals surface area contributed by atoms with Gasteiger partial charge in [-0.2, -0.15) is 17.0 Å². The Balaban J connectivity index is 1.48. The molecule has 0 radical (unpaired) electrons. The molecule has 0 unspecified atom stereocenters. The van der Waals surface area contributed by atoms with Crippen LogP contribution in [0, 0.1) is 5.92 Å². The van der Waals surface area contributed by atoms with Gasteiger partial charge in [-0.15, -0.1) is 0 Å². The highest BCUT2D eigenvalue weighted by molar-refractivity contribution is 7.86. The molecule has 3 aliphatic rings. The maximum atomic E-state index is 12.6. The van der Waals surface area contributed by atoms with Crippen molar-refractivity contribution in [3.05, 3.63) is 0 Å². The number of likely N-dealkylation sites (N-methyl/N-ethyl adjacent to an activating group) is 1. The molecule has 122 valence electrons. The van der Waals surface area contributed by atoms with Crippen LogP contribution in [0.1, 0.15) is 25.7 Å². The number of piperazine rings is 1. The van der Waals surface area contributed by atoms with E-state index >= 15 is 0 Å². The van der Waals surface area contributed by atoms with Crippen molar-refractivity contribution in [1.82, 2.24) is 18.8 Å². The predicted octanol–water partition coefficient (Wildman–Crippen LogP) is -0.0574. The second-order valence-corrected chi connectivity index (χ2v) is 8.66. The minimum absolute atomic E-state index is 0.627. The molecule has 0 aromatic rings. The lowest BCUT2D eigenvalue weighted by molar-refractivity contribution is 0.199. The zero-order valence-electron chi connectivity index (χ0n) is 13.0.